The van der Waals surface area contributed by atoms with Gasteiger partial charge >= 0.3 is 0 Å². The molecule has 2 rings (SSSR count). The van der Waals surface area contributed by atoms with Crippen molar-refractivity contribution in [1.29, 1.82) is 0 Å². The van der Waals surface area contributed by atoms with E-state index in [9.17, 15) is 8.78 Å². The Bertz CT molecular complexity index is 341. The highest BCUT2D eigenvalue weighted by molar-refractivity contribution is 5.22. The predicted molar refractivity (Wildman–Crippen MR) is 52.4 cm³/mol. The summed E-state index contributed by atoms with van der Waals surface area (Å²) in [5.41, 5.74) is 5.41. The summed E-state index contributed by atoms with van der Waals surface area (Å²) in [7, 11) is 0. The molecule has 2 nitrogen and oxygen atoms in total. The van der Waals surface area contributed by atoms with E-state index in [1.165, 1.54) is 18.2 Å². The Kier molecular flexibility index (Phi) is 2.71. The first-order valence-corrected chi connectivity index (χ1v) is 4.90. The van der Waals surface area contributed by atoms with E-state index >= 15 is 0 Å². The van der Waals surface area contributed by atoms with Crippen molar-refractivity contribution in [2.45, 2.75) is 18.4 Å². The van der Waals surface area contributed by atoms with E-state index in [0.29, 0.717) is 19.6 Å². The number of hydrogen-bond donors (Lipinski definition) is 1. The monoisotopic (exact) mass is 213 g/mol. The molecule has 0 aliphatic carbocycles. The van der Waals surface area contributed by atoms with Gasteiger partial charge in [-0.05, 0) is 25.0 Å². The van der Waals surface area contributed by atoms with Crippen LogP contribution in [0.4, 0.5) is 8.78 Å². The standard InChI is InChI=1S/C11H13F2NO/c12-9-2-1-3-10(13)8(9)6-11(14)4-5-15-7-11/h1-3H,4-7,14H2. The Labute approximate surface area is 87.0 Å². The smallest absolute Gasteiger partial charge is 0.129 e. The van der Waals surface area contributed by atoms with E-state index in [-0.39, 0.29) is 12.0 Å². The molecule has 0 radical (unpaired) electrons. The summed E-state index contributed by atoms with van der Waals surface area (Å²) in [5, 5.41) is 0. The van der Waals surface area contributed by atoms with Crippen molar-refractivity contribution in [2.24, 2.45) is 5.73 Å². The third-order valence-corrected chi connectivity index (χ3v) is 2.72. The number of ether oxygens (including phenoxy) is 1. The highest BCUT2D eigenvalue weighted by Crippen LogP contribution is 2.23. The lowest BCUT2D eigenvalue weighted by atomic mass is 9.91. The zero-order valence-corrected chi connectivity index (χ0v) is 8.30. The zero-order valence-electron chi connectivity index (χ0n) is 8.30. The van der Waals surface area contributed by atoms with Gasteiger partial charge in [-0.25, -0.2) is 8.78 Å². The number of rotatable bonds is 2. The molecule has 15 heavy (non-hydrogen) atoms. The lowest BCUT2D eigenvalue weighted by Gasteiger charge is -2.22. The van der Waals surface area contributed by atoms with Gasteiger partial charge in [-0.15, -0.1) is 0 Å². The molecule has 1 atom stereocenters. The van der Waals surface area contributed by atoms with Crippen molar-refractivity contribution in [3.05, 3.63) is 35.4 Å². The minimum atomic E-state index is -0.622. The summed E-state index contributed by atoms with van der Waals surface area (Å²) in [6.45, 7) is 0.924. The van der Waals surface area contributed by atoms with Crippen LogP contribution in [0.25, 0.3) is 0 Å². The number of benzene rings is 1. The van der Waals surface area contributed by atoms with Gasteiger partial charge in [0.2, 0.25) is 0 Å². The molecule has 1 heterocycles. The molecule has 1 unspecified atom stereocenters. The Hall–Kier alpha value is -1.00. The fraction of sp³-hybridized carbons (Fsp3) is 0.455. The molecule has 1 aliphatic rings. The SMILES string of the molecule is NC1(Cc2c(F)cccc2F)CCOC1. The average molecular weight is 213 g/mol. The van der Waals surface area contributed by atoms with Crippen LogP contribution in [0.15, 0.2) is 18.2 Å². The van der Waals surface area contributed by atoms with Crippen LogP contribution in [0.2, 0.25) is 0 Å². The molecule has 1 aromatic rings. The molecular formula is C11H13F2NO. The fourth-order valence-corrected chi connectivity index (χ4v) is 1.82. The van der Waals surface area contributed by atoms with Crippen molar-refractivity contribution < 1.29 is 13.5 Å². The Morgan fingerprint density at radius 2 is 2.00 bits per heavy atom. The van der Waals surface area contributed by atoms with E-state index in [2.05, 4.69) is 0 Å². The van der Waals surface area contributed by atoms with Gasteiger partial charge in [0.05, 0.1) is 6.61 Å². The normalized spacial score (nSPS) is 25.8. The maximum absolute atomic E-state index is 13.3. The largest absolute Gasteiger partial charge is 0.379 e. The van der Waals surface area contributed by atoms with Gasteiger partial charge in [-0.2, -0.15) is 0 Å². The van der Waals surface area contributed by atoms with Crippen molar-refractivity contribution in [1.82, 2.24) is 0 Å². The zero-order chi connectivity index (χ0) is 10.9. The molecule has 1 fully saturated rings. The van der Waals surface area contributed by atoms with Crippen LogP contribution in [0.3, 0.4) is 0 Å². The molecular weight excluding hydrogens is 200 g/mol. The van der Waals surface area contributed by atoms with Gasteiger partial charge in [-0.1, -0.05) is 6.07 Å². The van der Waals surface area contributed by atoms with Crippen LogP contribution in [-0.2, 0) is 11.2 Å². The van der Waals surface area contributed by atoms with Crippen molar-refractivity contribution in [3.8, 4) is 0 Å². The third kappa shape index (κ3) is 2.16. The molecule has 0 aromatic heterocycles. The highest BCUT2D eigenvalue weighted by atomic mass is 19.1. The topological polar surface area (TPSA) is 35.2 Å². The first-order valence-electron chi connectivity index (χ1n) is 4.90. The quantitative estimate of drug-likeness (QED) is 0.810. The van der Waals surface area contributed by atoms with E-state index in [0.717, 1.165) is 0 Å². The van der Waals surface area contributed by atoms with Gasteiger partial charge < -0.3 is 10.5 Å². The molecule has 0 saturated carbocycles. The van der Waals surface area contributed by atoms with E-state index < -0.39 is 17.2 Å². The molecule has 1 aliphatic heterocycles. The molecule has 0 spiro atoms. The lowest BCUT2D eigenvalue weighted by molar-refractivity contribution is 0.177. The maximum Gasteiger partial charge on any atom is 0.129 e. The van der Waals surface area contributed by atoms with Gasteiger partial charge in [0.25, 0.3) is 0 Å². The van der Waals surface area contributed by atoms with E-state index in [1.54, 1.807) is 0 Å². The summed E-state index contributed by atoms with van der Waals surface area (Å²) in [6.07, 6.45) is 0.826. The molecule has 4 heteroatoms. The summed E-state index contributed by atoms with van der Waals surface area (Å²) in [5.74, 6) is -1.07. The van der Waals surface area contributed by atoms with Crippen molar-refractivity contribution in [2.75, 3.05) is 13.2 Å². The van der Waals surface area contributed by atoms with Gasteiger partial charge in [0.1, 0.15) is 11.6 Å². The first kappa shape index (κ1) is 10.5. The molecule has 0 amide bonds. The second kappa shape index (κ2) is 3.87. The number of halogens is 2. The molecule has 0 bridgehead atoms. The molecule has 2 N–H and O–H groups in total. The average Bonchev–Trinajstić information content (AvgIpc) is 2.60. The van der Waals surface area contributed by atoms with Crippen molar-refractivity contribution in [3.63, 3.8) is 0 Å². The molecule has 1 saturated heterocycles. The van der Waals surface area contributed by atoms with Crippen LogP contribution in [0.1, 0.15) is 12.0 Å². The van der Waals surface area contributed by atoms with Crippen LogP contribution in [0.5, 0.6) is 0 Å². The summed E-state index contributed by atoms with van der Waals surface area (Å²) in [6, 6.07) is 3.84. The first-order chi connectivity index (χ1) is 7.11. The summed E-state index contributed by atoms with van der Waals surface area (Å²) >= 11 is 0. The van der Waals surface area contributed by atoms with E-state index in [1.807, 2.05) is 0 Å². The van der Waals surface area contributed by atoms with Gasteiger partial charge in [-0.3, -0.25) is 0 Å². The van der Waals surface area contributed by atoms with Crippen LogP contribution in [-0.4, -0.2) is 18.8 Å². The minimum Gasteiger partial charge on any atom is -0.379 e. The summed E-state index contributed by atoms with van der Waals surface area (Å²) < 4.78 is 31.8. The Balaban J connectivity index is 2.23. The maximum atomic E-state index is 13.3. The fourth-order valence-electron chi connectivity index (χ4n) is 1.82. The van der Waals surface area contributed by atoms with Crippen molar-refractivity contribution >= 4 is 0 Å². The summed E-state index contributed by atoms with van der Waals surface area (Å²) in [4.78, 5) is 0. The van der Waals surface area contributed by atoms with Gasteiger partial charge in [0, 0.05) is 17.7 Å². The Morgan fingerprint density at radius 1 is 1.33 bits per heavy atom. The third-order valence-electron chi connectivity index (χ3n) is 2.72. The molecule has 82 valence electrons. The van der Waals surface area contributed by atoms with E-state index in [4.69, 9.17) is 10.5 Å². The highest BCUT2D eigenvalue weighted by Gasteiger charge is 2.32. The minimum absolute atomic E-state index is 0.0606. The van der Waals surface area contributed by atoms with Crippen LogP contribution >= 0.6 is 0 Å². The van der Waals surface area contributed by atoms with Gasteiger partial charge in [0.15, 0.2) is 0 Å². The molecule has 1 aromatic carbocycles. The second-order valence-electron chi connectivity index (χ2n) is 4.04. The number of nitrogens with two attached hydrogens (primary N) is 1. The predicted octanol–water partition coefficient (Wildman–Crippen LogP) is 1.63. The second-order valence-corrected chi connectivity index (χ2v) is 4.04. The van der Waals surface area contributed by atoms with Crippen LogP contribution < -0.4 is 5.73 Å². The van der Waals surface area contributed by atoms with Crippen LogP contribution in [0, 0.1) is 11.6 Å². The lowest BCUT2D eigenvalue weighted by Crippen LogP contribution is -2.43. The number of hydrogen-bond acceptors (Lipinski definition) is 2. The Morgan fingerprint density at radius 3 is 2.53 bits per heavy atom.